The lowest BCUT2D eigenvalue weighted by atomic mass is 10.1. The zero-order chi connectivity index (χ0) is 19.5. The number of benzene rings is 2. The summed E-state index contributed by atoms with van der Waals surface area (Å²) >= 11 is 5.99. The van der Waals surface area contributed by atoms with Crippen LogP contribution in [-0.2, 0) is 21.2 Å². The van der Waals surface area contributed by atoms with E-state index in [1.807, 2.05) is 32.0 Å². The van der Waals surface area contributed by atoms with E-state index in [4.69, 9.17) is 11.6 Å². The molecule has 0 aliphatic rings. The normalized spacial score (nSPS) is 12.5. The lowest BCUT2D eigenvalue weighted by Crippen LogP contribution is -2.45. The van der Waals surface area contributed by atoms with Gasteiger partial charge in [0.2, 0.25) is 15.9 Å². The van der Waals surface area contributed by atoms with Crippen molar-refractivity contribution in [3.63, 3.8) is 0 Å². The summed E-state index contributed by atoms with van der Waals surface area (Å²) < 4.78 is 25.8. The van der Waals surface area contributed by atoms with Gasteiger partial charge in [-0.1, -0.05) is 42.8 Å². The maximum Gasteiger partial charge on any atom is 0.248 e. The van der Waals surface area contributed by atoms with E-state index < -0.39 is 22.0 Å². The number of amides is 1. The fourth-order valence-corrected chi connectivity index (χ4v) is 4.20. The smallest absolute Gasteiger partial charge is 0.248 e. The maximum atomic E-state index is 12.8. The summed E-state index contributed by atoms with van der Waals surface area (Å²) in [4.78, 5) is 12.8. The number of aryl methyl sites for hydroxylation is 2. The minimum Gasteiger partial charge on any atom is -0.324 e. The largest absolute Gasteiger partial charge is 0.324 e. The zero-order valence-electron chi connectivity index (χ0n) is 15.3. The number of anilines is 2. The summed E-state index contributed by atoms with van der Waals surface area (Å²) in [5.74, 6) is -0.403. The Balaban J connectivity index is 2.38. The molecule has 26 heavy (non-hydrogen) atoms. The molecular weight excluding hydrogens is 372 g/mol. The van der Waals surface area contributed by atoms with Gasteiger partial charge < -0.3 is 5.32 Å². The third kappa shape index (κ3) is 4.56. The number of rotatable bonds is 6. The van der Waals surface area contributed by atoms with Gasteiger partial charge in [-0.3, -0.25) is 9.10 Å². The average molecular weight is 395 g/mol. The molecule has 1 unspecified atom stereocenters. The van der Waals surface area contributed by atoms with Crippen LogP contribution in [0.4, 0.5) is 11.4 Å². The van der Waals surface area contributed by atoms with Crippen LogP contribution in [0.25, 0.3) is 0 Å². The van der Waals surface area contributed by atoms with Crippen LogP contribution in [0.5, 0.6) is 0 Å². The fraction of sp³-hybridized carbons (Fsp3) is 0.316. The number of nitrogens with one attached hydrogen (secondary N) is 1. The number of para-hydroxylation sites is 1. The number of hydrogen-bond acceptors (Lipinski definition) is 3. The van der Waals surface area contributed by atoms with Gasteiger partial charge in [0.15, 0.2) is 0 Å². The van der Waals surface area contributed by atoms with E-state index in [9.17, 15) is 13.2 Å². The van der Waals surface area contributed by atoms with Gasteiger partial charge in [-0.2, -0.15) is 0 Å². The maximum absolute atomic E-state index is 12.8. The highest BCUT2D eigenvalue weighted by Crippen LogP contribution is 2.26. The second-order valence-corrected chi connectivity index (χ2v) is 8.46. The van der Waals surface area contributed by atoms with Crippen LogP contribution in [-0.4, -0.2) is 26.6 Å². The highest BCUT2D eigenvalue weighted by atomic mass is 35.5. The molecule has 1 N–H and O–H groups in total. The van der Waals surface area contributed by atoms with Gasteiger partial charge in [0, 0.05) is 10.7 Å². The number of carbonyl (C=O) groups is 1. The standard InChI is InChI=1S/C19H23ClN2O3S/c1-5-15-9-6-8-13(2)18(15)21-19(23)14(3)22(26(4,24)25)17-11-7-10-16(20)12-17/h6-12,14H,5H2,1-4H3,(H,21,23). The molecule has 0 bridgehead atoms. The second-order valence-electron chi connectivity index (χ2n) is 6.17. The molecule has 2 rings (SSSR count). The monoisotopic (exact) mass is 394 g/mol. The van der Waals surface area contributed by atoms with Crippen molar-refractivity contribution < 1.29 is 13.2 Å². The number of sulfonamides is 1. The van der Waals surface area contributed by atoms with Crippen LogP contribution in [0.1, 0.15) is 25.0 Å². The van der Waals surface area contributed by atoms with E-state index in [1.165, 1.54) is 6.07 Å². The van der Waals surface area contributed by atoms with E-state index >= 15 is 0 Å². The van der Waals surface area contributed by atoms with Gasteiger partial charge in [-0.25, -0.2) is 8.42 Å². The van der Waals surface area contributed by atoms with Crippen molar-refractivity contribution in [2.45, 2.75) is 33.2 Å². The third-order valence-corrected chi connectivity index (χ3v) is 5.62. The number of halogens is 1. The highest BCUT2D eigenvalue weighted by Gasteiger charge is 2.29. The molecule has 140 valence electrons. The number of carbonyl (C=O) groups excluding carboxylic acids is 1. The molecule has 0 aliphatic heterocycles. The summed E-state index contributed by atoms with van der Waals surface area (Å²) in [6.45, 7) is 5.47. The van der Waals surface area contributed by atoms with E-state index in [0.29, 0.717) is 10.7 Å². The summed E-state index contributed by atoms with van der Waals surface area (Å²) in [5.41, 5.74) is 3.01. The van der Waals surface area contributed by atoms with E-state index in [0.717, 1.165) is 33.8 Å². The first-order valence-electron chi connectivity index (χ1n) is 8.29. The van der Waals surface area contributed by atoms with E-state index in [2.05, 4.69) is 5.32 Å². The molecule has 5 nitrogen and oxygen atoms in total. The van der Waals surface area contributed by atoms with Crippen LogP contribution < -0.4 is 9.62 Å². The van der Waals surface area contributed by atoms with Gasteiger partial charge >= 0.3 is 0 Å². The molecule has 0 aliphatic carbocycles. The van der Waals surface area contributed by atoms with Crippen molar-refractivity contribution in [3.05, 3.63) is 58.6 Å². The Morgan fingerprint density at radius 1 is 1.23 bits per heavy atom. The van der Waals surface area contributed by atoms with Gasteiger partial charge in [0.05, 0.1) is 11.9 Å². The predicted octanol–water partition coefficient (Wildman–Crippen LogP) is 4.00. The Bertz CT molecular complexity index is 913. The average Bonchev–Trinajstić information content (AvgIpc) is 2.55. The Morgan fingerprint density at radius 3 is 2.46 bits per heavy atom. The first-order valence-corrected chi connectivity index (χ1v) is 10.5. The van der Waals surface area contributed by atoms with Gasteiger partial charge in [0.1, 0.15) is 6.04 Å². The first kappa shape index (κ1) is 20.3. The fourth-order valence-electron chi connectivity index (χ4n) is 2.85. The van der Waals surface area contributed by atoms with Crippen molar-refractivity contribution in [2.75, 3.05) is 15.9 Å². The summed E-state index contributed by atoms with van der Waals surface area (Å²) in [5, 5.41) is 3.29. The third-order valence-electron chi connectivity index (χ3n) is 4.14. The Kier molecular flexibility index (Phi) is 6.31. The Labute approximate surface area is 160 Å². The molecule has 2 aromatic rings. The molecule has 0 spiro atoms. The van der Waals surface area contributed by atoms with Crippen molar-refractivity contribution in [2.24, 2.45) is 0 Å². The topological polar surface area (TPSA) is 66.5 Å². The van der Waals surface area contributed by atoms with Gasteiger partial charge in [0.25, 0.3) is 0 Å². The van der Waals surface area contributed by atoms with E-state index in [1.54, 1.807) is 25.1 Å². The lowest BCUT2D eigenvalue weighted by molar-refractivity contribution is -0.116. The number of hydrogen-bond donors (Lipinski definition) is 1. The molecule has 2 aromatic carbocycles. The lowest BCUT2D eigenvalue weighted by Gasteiger charge is -2.28. The predicted molar refractivity (Wildman–Crippen MR) is 107 cm³/mol. The van der Waals surface area contributed by atoms with Crippen molar-refractivity contribution >= 4 is 38.9 Å². The van der Waals surface area contributed by atoms with Crippen LogP contribution in [0.15, 0.2) is 42.5 Å². The molecule has 1 amide bonds. The van der Waals surface area contributed by atoms with Crippen LogP contribution in [0, 0.1) is 6.92 Å². The number of nitrogens with zero attached hydrogens (tertiary/aromatic N) is 1. The van der Waals surface area contributed by atoms with Crippen LogP contribution >= 0.6 is 11.6 Å². The minimum absolute atomic E-state index is 0.350. The van der Waals surface area contributed by atoms with Gasteiger partial charge in [-0.15, -0.1) is 0 Å². The molecule has 0 aromatic heterocycles. The first-order chi connectivity index (χ1) is 12.1. The van der Waals surface area contributed by atoms with E-state index in [-0.39, 0.29) is 0 Å². The molecule has 0 radical (unpaired) electrons. The summed E-state index contributed by atoms with van der Waals surface area (Å²) in [6, 6.07) is 11.3. The molecule has 0 saturated carbocycles. The molecule has 7 heteroatoms. The summed E-state index contributed by atoms with van der Waals surface area (Å²) in [7, 11) is -3.68. The van der Waals surface area contributed by atoms with Crippen molar-refractivity contribution in [3.8, 4) is 0 Å². The van der Waals surface area contributed by atoms with Crippen molar-refractivity contribution in [1.29, 1.82) is 0 Å². The Hall–Kier alpha value is -2.05. The van der Waals surface area contributed by atoms with Crippen LogP contribution in [0.2, 0.25) is 5.02 Å². The zero-order valence-corrected chi connectivity index (χ0v) is 16.9. The van der Waals surface area contributed by atoms with Crippen molar-refractivity contribution in [1.82, 2.24) is 0 Å². The SMILES string of the molecule is CCc1cccc(C)c1NC(=O)C(C)N(c1cccc(Cl)c1)S(C)(=O)=O. The van der Waals surface area contributed by atoms with Gasteiger partial charge in [-0.05, 0) is 49.6 Å². The molecule has 0 heterocycles. The quantitative estimate of drug-likeness (QED) is 0.805. The Morgan fingerprint density at radius 2 is 1.88 bits per heavy atom. The molecule has 0 fully saturated rings. The molecular formula is C19H23ClN2O3S. The molecule has 1 atom stereocenters. The minimum atomic E-state index is -3.68. The second kappa shape index (κ2) is 8.10. The molecule has 0 saturated heterocycles. The van der Waals surface area contributed by atoms with Crippen LogP contribution in [0.3, 0.4) is 0 Å². The highest BCUT2D eigenvalue weighted by molar-refractivity contribution is 7.92. The summed E-state index contributed by atoms with van der Waals surface area (Å²) in [6.07, 6.45) is 1.83.